The first-order valence-corrected chi connectivity index (χ1v) is 5.87. The maximum absolute atomic E-state index is 11.7. The van der Waals surface area contributed by atoms with E-state index in [2.05, 4.69) is 11.7 Å². The van der Waals surface area contributed by atoms with Crippen LogP contribution in [0.5, 0.6) is 0 Å². The van der Waals surface area contributed by atoms with E-state index in [1.807, 2.05) is 12.2 Å². The Kier molecular flexibility index (Phi) is 8.54. The number of alkyl halides is 3. The number of rotatable bonds is 8. The number of hydrogen-bond acceptors (Lipinski definition) is 2. The standard InChI is InChI=1S/C12H19F3O2/c1-2-3-4-5-6-7-8-9-10-17-11(16)12(13,14)15/h6-7H,2-5,8-10H2,1H3/b7-6-. The summed E-state index contributed by atoms with van der Waals surface area (Å²) in [6.07, 6.45) is 4.60. The lowest BCUT2D eigenvalue weighted by Crippen LogP contribution is -2.25. The van der Waals surface area contributed by atoms with Gasteiger partial charge in [0.05, 0.1) is 6.61 Å². The topological polar surface area (TPSA) is 26.3 Å². The van der Waals surface area contributed by atoms with Crippen molar-refractivity contribution >= 4 is 5.97 Å². The number of ether oxygens (including phenoxy) is 1. The van der Waals surface area contributed by atoms with E-state index in [-0.39, 0.29) is 6.61 Å². The van der Waals surface area contributed by atoms with Crippen molar-refractivity contribution in [2.24, 2.45) is 0 Å². The van der Waals surface area contributed by atoms with E-state index < -0.39 is 12.1 Å². The third-order valence-electron chi connectivity index (χ3n) is 2.12. The molecule has 0 radical (unpaired) electrons. The van der Waals surface area contributed by atoms with Gasteiger partial charge in [-0.15, -0.1) is 0 Å². The number of hydrogen-bond donors (Lipinski definition) is 0. The fraction of sp³-hybridized carbons (Fsp3) is 0.750. The largest absolute Gasteiger partial charge is 0.490 e. The minimum Gasteiger partial charge on any atom is -0.459 e. The van der Waals surface area contributed by atoms with Crippen LogP contribution in [0.4, 0.5) is 13.2 Å². The second-order valence-corrected chi connectivity index (χ2v) is 3.74. The van der Waals surface area contributed by atoms with Crippen LogP contribution in [0.3, 0.4) is 0 Å². The Bertz CT molecular complexity index is 234. The smallest absolute Gasteiger partial charge is 0.459 e. The zero-order valence-electron chi connectivity index (χ0n) is 10.1. The molecule has 0 heterocycles. The molecule has 0 unspecified atom stereocenters. The Labute approximate surface area is 99.8 Å². The molecule has 17 heavy (non-hydrogen) atoms. The zero-order valence-corrected chi connectivity index (χ0v) is 10.1. The lowest BCUT2D eigenvalue weighted by atomic mass is 10.2. The molecule has 0 aliphatic rings. The highest BCUT2D eigenvalue weighted by atomic mass is 19.4. The number of carbonyl (C=O) groups is 1. The van der Waals surface area contributed by atoms with E-state index in [0.717, 1.165) is 12.8 Å². The van der Waals surface area contributed by atoms with Crippen molar-refractivity contribution in [1.29, 1.82) is 0 Å². The molecule has 0 bridgehead atoms. The van der Waals surface area contributed by atoms with Gasteiger partial charge in [-0.05, 0) is 25.7 Å². The van der Waals surface area contributed by atoms with Crippen molar-refractivity contribution in [1.82, 2.24) is 0 Å². The molecular formula is C12H19F3O2. The molecule has 0 aliphatic carbocycles. The molecule has 0 fully saturated rings. The zero-order chi connectivity index (χ0) is 13.1. The average molecular weight is 252 g/mol. The van der Waals surface area contributed by atoms with Gasteiger partial charge in [0.25, 0.3) is 0 Å². The van der Waals surface area contributed by atoms with Crippen LogP contribution in [-0.4, -0.2) is 18.8 Å². The van der Waals surface area contributed by atoms with Crippen LogP contribution >= 0.6 is 0 Å². The molecule has 0 aliphatic heterocycles. The second-order valence-electron chi connectivity index (χ2n) is 3.74. The van der Waals surface area contributed by atoms with Crippen molar-refractivity contribution in [3.05, 3.63) is 12.2 Å². The van der Waals surface area contributed by atoms with Crippen molar-refractivity contribution in [3.63, 3.8) is 0 Å². The maximum atomic E-state index is 11.7. The van der Waals surface area contributed by atoms with Crippen molar-refractivity contribution in [2.75, 3.05) is 6.61 Å². The first-order chi connectivity index (χ1) is 7.98. The molecule has 0 saturated carbocycles. The quantitative estimate of drug-likeness (QED) is 0.370. The minimum atomic E-state index is -4.88. The first-order valence-electron chi connectivity index (χ1n) is 5.87. The van der Waals surface area contributed by atoms with E-state index >= 15 is 0 Å². The SMILES string of the molecule is CCCCC/C=C\CCCOC(=O)C(F)(F)F. The third-order valence-corrected chi connectivity index (χ3v) is 2.12. The van der Waals surface area contributed by atoms with Gasteiger partial charge in [-0.3, -0.25) is 0 Å². The molecule has 0 amide bonds. The third kappa shape index (κ3) is 9.90. The highest BCUT2D eigenvalue weighted by Gasteiger charge is 2.40. The van der Waals surface area contributed by atoms with E-state index in [1.165, 1.54) is 12.8 Å². The van der Waals surface area contributed by atoms with Gasteiger partial charge >= 0.3 is 12.1 Å². The average Bonchev–Trinajstić information content (AvgIpc) is 2.25. The van der Waals surface area contributed by atoms with Gasteiger partial charge < -0.3 is 4.74 Å². The summed E-state index contributed by atoms with van der Waals surface area (Å²) in [6.45, 7) is 1.94. The molecule has 0 atom stereocenters. The van der Waals surface area contributed by atoms with E-state index in [1.54, 1.807) is 0 Å². The number of halogens is 3. The monoisotopic (exact) mass is 252 g/mol. The van der Waals surface area contributed by atoms with Gasteiger partial charge in [0, 0.05) is 0 Å². The lowest BCUT2D eigenvalue weighted by molar-refractivity contribution is -0.199. The maximum Gasteiger partial charge on any atom is 0.490 e. The van der Waals surface area contributed by atoms with Crippen LogP contribution in [0.15, 0.2) is 12.2 Å². The summed E-state index contributed by atoms with van der Waals surface area (Å²) in [4.78, 5) is 10.3. The Morgan fingerprint density at radius 3 is 2.24 bits per heavy atom. The molecule has 2 nitrogen and oxygen atoms in total. The number of carbonyl (C=O) groups excluding carboxylic acids is 1. The van der Waals surface area contributed by atoms with E-state index in [4.69, 9.17) is 0 Å². The van der Waals surface area contributed by atoms with Gasteiger partial charge in [0.1, 0.15) is 0 Å². The molecular weight excluding hydrogens is 233 g/mol. The summed E-state index contributed by atoms with van der Waals surface area (Å²) < 4.78 is 39.2. The molecule has 0 rings (SSSR count). The van der Waals surface area contributed by atoms with Crippen molar-refractivity contribution < 1.29 is 22.7 Å². The number of unbranched alkanes of at least 4 members (excludes halogenated alkanes) is 4. The number of allylic oxidation sites excluding steroid dienone is 2. The number of esters is 1. The van der Waals surface area contributed by atoms with Crippen LogP contribution in [-0.2, 0) is 9.53 Å². The molecule has 0 N–H and O–H groups in total. The predicted molar refractivity (Wildman–Crippen MR) is 59.5 cm³/mol. The van der Waals surface area contributed by atoms with Crippen molar-refractivity contribution in [3.8, 4) is 0 Å². The highest BCUT2D eigenvalue weighted by Crippen LogP contribution is 2.16. The van der Waals surface area contributed by atoms with E-state index in [9.17, 15) is 18.0 Å². The van der Waals surface area contributed by atoms with Gasteiger partial charge in [-0.25, -0.2) is 4.79 Å². The lowest BCUT2D eigenvalue weighted by Gasteiger charge is -2.05. The Morgan fingerprint density at radius 2 is 1.71 bits per heavy atom. The molecule has 0 saturated heterocycles. The van der Waals surface area contributed by atoms with Crippen molar-refractivity contribution in [2.45, 2.75) is 51.6 Å². The molecule has 100 valence electrons. The fourth-order valence-corrected chi connectivity index (χ4v) is 1.20. The summed E-state index contributed by atoms with van der Waals surface area (Å²) in [6, 6.07) is 0. The molecule has 0 aromatic carbocycles. The van der Waals surface area contributed by atoms with Crippen LogP contribution in [0.25, 0.3) is 0 Å². The Hall–Kier alpha value is -1.00. The first kappa shape index (κ1) is 16.0. The summed E-state index contributed by atoms with van der Waals surface area (Å²) >= 11 is 0. The second kappa shape index (κ2) is 9.07. The van der Waals surface area contributed by atoms with Crippen LogP contribution in [0.1, 0.15) is 45.4 Å². The summed E-state index contributed by atoms with van der Waals surface area (Å²) in [5.41, 5.74) is 0. The van der Waals surface area contributed by atoms with Gasteiger partial charge in [0.2, 0.25) is 0 Å². The van der Waals surface area contributed by atoms with Crippen LogP contribution in [0.2, 0.25) is 0 Å². The van der Waals surface area contributed by atoms with Crippen LogP contribution in [0, 0.1) is 0 Å². The minimum absolute atomic E-state index is 0.183. The fourth-order valence-electron chi connectivity index (χ4n) is 1.20. The predicted octanol–water partition coefficient (Wildman–Crippen LogP) is 4.01. The summed E-state index contributed by atoms with van der Waals surface area (Å²) in [5, 5.41) is 0. The van der Waals surface area contributed by atoms with E-state index in [0.29, 0.717) is 12.8 Å². The molecule has 0 spiro atoms. The normalized spacial score (nSPS) is 12.0. The van der Waals surface area contributed by atoms with Gasteiger partial charge in [0.15, 0.2) is 0 Å². The van der Waals surface area contributed by atoms with Gasteiger partial charge in [-0.2, -0.15) is 13.2 Å². The Morgan fingerprint density at radius 1 is 1.12 bits per heavy atom. The molecule has 0 aromatic heterocycles. The van der Waals surface area contributed by atoms with Crippen LogP contribution < -0.4 is 0 Å². The molecule has 0 aromatic rings. The highest BCUT2D eigenvalue weighted by molar-refractivity contribution is 5.75. The summed E-state index contributed by atoms with van der Waals surface area (Å²) in [5.74, 6) is -2.11. The Balaban J connectivity index is 3.38. The molecule has 5 heteroatoms. The summed E-state index contributed by atoms with van der Waals surface area (Å²) in [7, 11) is 0. The van der Waals surface area contributed by atoms with Gasteiger partial charge in [-0.1, -0.05) is 31.9 Å².